The van der Waals surface area contributed by atoms with E-state index in [0.717, 1.165) is 39.3 Å². The summed E-state index contributed by atoms with van der Waals surface area (Å²) in [4.78, 5) is 6.63. The minimum absolute atomic E-state index is 0.195. The molecule has 0 bridgehead atoms. The van der Waals surface area contributed by atoms with Crippen molar-refractivity contribution in [2.75, 3.05) is 45.9 Å². The van der Waals surface area contributed by atoms with Crippen molar-refractivity contribution >= 4 is 5.96 Å². The fourth-order valence-corrected chi connectivity index (χ4v) is 2.62. The number of morpholine rings is 1. The summed E-state index contributed by atoms with van der Waals surface area (Å²) in [6.07, 6.45) is 1.46. The molecule has 0 atom stereocenters. The third-order valence-electron chi connectivity index (χ3n) is 3.91. The molecule has 0 radical (unpaired) electrons. The molecule has 1 aromatic rings. The number of nitrogens with zero attached hydrogens (tertiary/aromatic N) is 2. The second-order valence-electron chi connectivity index (χ2n) is 5.74. The van der Waals surface area contributed by atoms with Gasteiger partial charge in [-0.1, -0.05) is 18.2 Å². The van der Waals surface area contributed by atoms with E-state index >= 15 is 0 Å². The minimum atomic E-state index is -2.83. The molecule has 0 saturated carbocycles. The van der Waals surface area contributed by atoms with Crippen LogP contribution in [0, 0.1) is 0 Å². The second-order valence-corrected chi connectivity index (χ2v) is 5.74. The van der Waals surface area contributed by atoms with Crippen LogP contribution in [0.1, 0.15) is 12.0 Å². The summed E-state index contributed by atoms with van der Waals surface area (Å²) < 4.78 is 34.6. The number of halogens is 2. The van der Waals surface area contributed by atoms with Gasteiger partial charge < -0.3 is 20.5 Å². The average molecular weight is 356 g/mol. The topological polar surface area (TPSA) is 72.1 Å². The van der Waals surface area contributed by atoms with Gasteiger partial charge in [0.15, 0.2) is 5.96 Å². The maximum atomic E-state index is 12.4. The molecule has 25 heavy (non-hydrogen) atoms. The molecular formula is C17H26F2N4O2. The van der Waals surface area contributed by atoms with Crippen molar-refractivity contribution in [3.8, 4) is 5.75 Å². The maximum absolute atomic E-state index is 12.4. The summed E-state index contributed by atoms with van der Waals surface area (Å²) in [5.41, 5.74) is 6.53. The molecule has 1 aliphatic heterocycles. The number of nitrogens with two attached hydrogens (primary N) is 1. The van der Waals surface area contributed by atoms with E-state index in [-0.39, 0.29) is 5.75 Å². The van der Waals surface area contributed by atoms with Crippen LogP contribution in [0.15, 0.2) is 29.3 Å². The number of alkyl halides is 2. The Morgan fingerprint density at radius 3 is 2.84 bits per heavy atom. The van der Waals surface area contributed by atoms with Crippen molar-refractivity contribution in [3.63, 3.8) is 0 Å². The number of ether oxygens (including phenoxy) is 2. The Bertz CT molecular complexity index is 537. The van der Waals surface area contributed by atoms with E-state index in [9.17, 15) is 8.78 Å². The van der Waals surface area contributed by atoms with Crippen molar-refractivity contribution in [1.82, 2.24) is 10.2 Å². The van der Waals surface area contributed by atoms with E-state index in [4.69, 9.17) is 10.5 Å². The van der Waals surface area contributed by atoms with Gasteiger partial charge in [0, 0.05) is 32.7 Å². The van der Waals surface area contributed by atoms with Crippen LogP contribution in [-0.4, -0.2) is 63.4 Å². The Balaban J connectivity index is 1.65. The molecule has 0 aliphatic carbocycles. The van der Waals surface area contributed by atoms with Crippen LogP contribution < -0.4 is 15.8 Å². The highest BCUT2D eigenvalue weighted by Crippen LogP contribution is 2.20. The predicted molar refractivity (Wildman–Crippen MR) is 93.1 cm³/mol. The van der Waals surface area contributed by atoms with Gasteiger partial charge in [-0.3, -0.25) is 9.89 Å². The summed E-state index contributed by atoms with van der Waals surface area (Å²) in [5, 5.41) is 3.00. The predicted octanol–water partition coefficient (Wildman–Crippen LogP) is 1.46. The van der Waals surface area contributed by atoms with E-state index in [1.807, 2.05) is 0 Å². The number of aliphatic imine (C=N–C) groups is 1. The van der Waals surface area contributed by atoms with Crippen LogP contribution in [0.4, 0.5) is 8.78 Å². The zero-order valence-corrected chi connectivity index (χ0v) is 14.3. The highest BCUT2D eigenvalue weighted by molar-refractivity contribution is 5.77. The van der Waals surface area contributed by atoms with Crippen molar-refractivity contribution in [2.45, 2.75) is 19.5 Å². The van der Waals surface area contributed by atoms with Gasteiger partial charge in [0.1, 0.15) is 5.75 Å². The molecule has 2 rings (SSSR count). The first kappa shape index (κ1) is 19.4. The monoisotopic (exact) mass is 356 g/mol. The molecule has 1 aromatic carbocycles. The standard InChI is InChI=1S/C17H26F2N4O2/c18-16(19)25-15-5-2-1-4-14(15)6-8-22-17(20)21-7-3-9-23-10-12-24-13-11-23/h1-2,4-5,16H,3,6-13H2,(H3,20,21,22). The molecule has 1 heterocycles. The molecule has 6 nitrogen and oxygen atoms in total. The van der Waals surface area contributed by atoms with Crippen LogP contribution in [0.3, 0.4) is 0 Å². The van der Waals surface area contributed by atoms with Crippen molar-refractivity contribution in [2.24, 2.45) is 10.7 Å². The van der Waals surface area contributed by atoms with E-state index in [2.05, 4.69) is 19.9 Å². The second kappa shape index (κ2) is 10.8. The molecule has 1 aliphatic rings. The molecule has 1 fully saturated rings. The number of para-hydroxylation sites is 1. The van der Waals surface area contributed by atoms with Gasteiger partial charge in [-0.2, -0.15) is 8.78 Å². The number of guanidine groups is 1. The highest BCUT2D eigenvalue weighted by Gasteiger charge is 2.10. The number of nitrogens with one attached hydrogen (secondary N) is 1. The molecule has 0 amide bonds. The number of hydrogen-bond acceptors (Lipinski definition) is 4. The number of rotatable bonds is 9. The van der Waals surface area contributed by atoms with E-state index in [1.165, 1.54) is 6.07 Å². The summed E-state index contributed by atoms with van der Waals surface area (Å²) in [6, 6.07) is 6.75. The molecule has 0 spiro atoms. The van der Waals surface area contributed by atoms with Crippen molar-refractivity contribution in [1.29, 1.82) is 0 Å². The first-order valence-electron chi connectivity index (χ1n) is 8.52. The van der Waals surface area contributed by atoms with Gasteiger partial charge in [-0.15, -0.1) is 0 Å². The average Bonchev–Trinajstić information content (AvgIpc) is 2.61. The van der Waals surface area contributed by atoms with E-state index in [1.54, 1.807) is 18.2 Å². The van der Waals surface area contributed by atoms with Crippen LogP contribution in [-0.2, 0) is 11.2 Å². The van der Waals surface area contributed by atoms with Gasteiger partial charge >= 0.3 is 6.61 Å². The Kier molecular flexibility index (Phi) is 8.41. The molecule has 8 heteroatoms. The summed E-state index contributed by atoms with van der Waals surface area (Å²) in [5.74, 6) is 0.564. The molecule has 0 unspecified atom stereocenters. The van der Waals surface area contributed by atoms with Crippen molar-refractivity contribution < 1.29 is 18.3 Å². The molecule has 0 aromatic heterocycles. The van der Waals surface area contributed by atoms with Crippen LogP contribution in [0.2, 0.25) is 0 Å². The van der Waals surface area contributed by atoms with Gasteiger partial charge in [0.2, 0.25) is 0 Å². The molecular weight excluding hydrogens is 330 g/mol. The van der Waals surface area contributed by atoms with Gasteiger partial charge in [0.05, 0.1) is 13.2 Å². The largest absolute Gasteiger partial charge is 0.435 e. The lowest BCUT2D eigenvalue weighted by Gasteiger charge is -2.26. The third-order valence-corrected chi connectivity index (χ3v) is 3.91. The van der Waals surface area contributed by atoms with Crippen LogP contribution >= 0.6 is 0 Å². The molecule has 140 valence electrons. The van der Waals surface area contributed by atoms with Crippen molar-refractivity contribution in [3.05, 3.63) is 29.8 Å². The fraction of sp³-hybridized carbons (Fsp3) is 0.588. The van der Waals surface area contributed by atoms with Crippen LogP contribution in [0.25, 0.3) is 0 Å². The van der Waals surface area contributed by atoms with Gasteiger partial charge in [0.25, 0.3) is 0 Å². The quantitative estimate of drug-likeness (QED) is 0.398. The zero-order valence-electron chi connectivity index (χ0n) is 14.3. The minimum Gasteiger partial charge on any atom is -0.435 e. The third kappa shape index (κ3) is 7.66. The zero-order chi connectivity index (χ0) is 17.9. The Morgan fingerprint density at radius 2 is 2.08 bits per heavy atom. The van der Waals surface area contributed by atoms with E-state index < -0.39 is 6.61 Å². The Labute approximate surface area is 147 Å². The smallest absolute Gasteiger partial charge is 0.387 e. The molecule has 3 N–H and O–H groups in total. The number of benzene rings is 1. The lowest BCUT2D eigenvalue weighted by atomic mass is 10.1. The summed E-state index contributed by atoms with van der Waals surface area (Å²) >= 11 is 0. The first-order chi connectivity index (χ1) is 12.1. The maximum Gasteiger partial charge on any atom is 0.387 e. The lowest BCUT2D eigenvalue weighted by Crippen LogP contribution is -2.37. The SMILES string of the molecule is NC(=NCCCN1CCOCC1)NCCc1ccccc1OC(F)F. The summed E-state index contributed by atoms with van der Waals surface area (Å²) in [7, 11) is 0. The van der Waals surface area contributed by atoms with Gasteiger partial charge in [-0.25, -0.2) is 0 Å². The van der Waals surface area contributed by atoms with Gasteiger partial charge in [-0.05, 0) is 24.5 Å². The fourth-order valence-electron chi connectivity index (χ4n) is 2.62. The number of hydrogen-bond donors (Lipinski definition) is 2. The lowest BCUT2D eigenvalue weighted by molar-refractivity contribution is -0.0504. The summed E-state index contributed by atoms with van der Waals surface area (Å²) in [6.45, 7) is 2.84. The van der Waals surface area contributed by atoms with Crippen LogP contribution in [0.5, 0.6) is 5.75 Å². The normalized spacial score (nSPS) is 16.2. The van der Waals surface area contributed by atoms with E-state index in [0.29, 0.717) is 31.0 Å². The molecule has 1 saturated heterocycles. The highest BCUT2D eigenvalue weighted by atomic mass is 19.3. The Hall–Kier alpha value is -1.93. The Morgan fingerprint density at radius 1 is 1.32 bits per heavy atom. The first-order valence-corrected chi connectivity index (χ1v) is 8.52.